The van der Waals surface area contributed by atoms with Crippen molar-refractivity contribution in [1.29, 1.82) is 0 Å². The van der Waals surface area contributed by atoms with Crippen LogP contribution in [-0.4, -0.2) is 22.6 Å². The molecule has 1 fully saturated rings. The van der Waals surface area contributed by atoms with Crippen molar-refractivity contribution in [3.8, 4) is 0 Å². The summed E-state index contributed by atoms with van der Waals surface area (Å²) in [7, 11) is 0. The van der Waals surface area contributed by atoms with E-state index < -0.39 is 5.97 Å². The summed E-state index contributed by atoms with van der Waals surface area (Å²) in [5.41, 5.74) is 2.99. The number of anilines is 1. The van der Waals surface area contributed by atoms with E-state index in [9.17, 15) is 9.90 Å². The zero-order chi connectivity index (χ0) is 14.8. The normalized spacial score (nSPS) is 21.6. The maximum atomic E-state index is 11.3. The quantitative estimate of drug-likeness (QED) is 0.902. The Bertz CT molecular complexity index is 669. The number of para-hydroxylation sites is 1. The standard InChI is InChI=1S/C17H20N2O2/c1-11-9-16(14-6-2-3-8-15(14)19-11)18-10-12-5-4-7-13(12)17(20)21/h2-3,6,8-9,12-13H,4-5,7,10H2,1H3,(H,18,19)(H,20,21). The molecule has 2 N–H and O–H groups in total. The van der Waals surface area contributed by atoms with E-state index in [1.807, 2.05) is 37.3 Å². The molecule has 0 bridgehead atoms. The minimum atomic E-state index is -0.657. The fraction of sp³-hybridized carbons (Fsp3) is 0.412. The molecule has 1 aliphatic carbocycles. The lowest BCUT2D eigenvalue weighted by atomic mass is 9.96. The van der Waals surface area contributed by atoms with Gasteiger partial charge in [-0.15, -0.1) is 0 Å². The van der Waals surface area contributed by atoms with E-state index >= 15 is 0 Å². The Balaban J connectivity index is 1.80. The summed E-state index contributed by atoms with van der Waals surface area (Å²) in [6.07, 6.45) is 2.81. The number of nitrogens with one attached hydrogen (secondary N) is 1. The zero-order valence-electron chi connectivity index (χ0n) is 12.2. The first-order valence-electron chi connectivity index (χ1n) is 7.48. The van der Waals surface area contributed by atoms with Gasteiger partial charge in [0.15, 0.2) is 0 Å². The van der Waals surface area contributed by atoms with Gasteiger partial charge in [0.1, 0.15) is 0 Å². The van der Waals surface area contributed by atoms with E-state index in [-0.39, 0.29) is 11.8 Å². The van der Waals surface area contributed by atoms with Gasteiger partial charge < -0.3 is 10.4 Å². The van der Waals surface area contributed by atoms with Crippen molar-refractivity contribution in [2.75, 3.05) is 11.9 Å². The van der Waals surface area contributed by atoms with Gasteiger partial charge in [-0.1, -0.05) is 24.6 Å². The van der Waals surface area contributed by atoms with Crippen LogP contribution in [0, 0.1) is 18.8 Å². The van der Waals surface area contributed by atoms with Gasteiger partial charge >= 0.3 is 5.97 Å². The van der Waals surface area contributed by atoms with Crippen molar-refractivity contribution in [3.63, 3.8) is 0 Å². The molecule has 1 aromatic carbocycles. The molecule has 21 heavy (non-hydrogen) atoms. The Hall–Kier alpha value is -2.10. The minimum Gasteiger partial charge on any atom is -0.481 e. The number of rotatable bonds is 4. The first-order chi connectivity index (χ1) is 10.1. The van der Waals surface area contributed by atoms with E-state index in [1.54, 1.807) is 0 Å². The lowest BCUT2D eigenvalue weighted by molar-refractivity contribution is -0.142. The third-order valence-corrected chi connectivity index (χ3v) is 4.38. The predicted molar refractivity (Wildman–Crippen MR) is 83.4 cm³/mol. The van der Waals surface area contributed by atoms with Crippen LogP contribution in [0.3, 0.4) is 0 Å². The highest BCUT2D eigenvalue weighted by molar-refractivity contribution is 5.91. The third-order valence-electron chi connectivity index (χ3n) is 4.38. The Labute approximate surface area is 124 Å². The number of carboxylic acids is 1. The molecule has 1 saturated carbocycles. The number of nitrogens with zero attached hydrogens (tertiary/aromatic N) is 1. The predicted octanol–water partition coefficient (Wildman–Crippen LogP) is 3.46. The molecule has 3 rings (SSSR count). The fourth-order valence-electron chi connectivity index (χ4n) is 3.30. The highest BCUT2D eigenvalue weighted by Gasteiger charge is 2.32. The Morgan fingerprint density at radius 1 is 1.38 bits per heavy atom. The van der Waals surface area contributed by atoms with Gasteiger partial charge in [-0.3, -0.25) is 9.78 Å². The van der Waals surface area contributed by atoms with E-state index in [0.29, 0.717) is 6.54 Å². The average molecular weight is 284 g/mol. The molecular formula is C17H20N2O2. The number of hydrogen-bond donors (Lipinski definition) is 2. The van der Waals surface area contributed by atoms with Gasteiger partial charge in [0.25, 0.3) is 0 Å². The van der Waals surface area contributed by atoms with Crippen LogP contribution < -0.4 is 5.32 Å². The molecular weight excluding hydrogens is 264 g/mol. The van der Waals surface area contributed by atoms with Gasteiger partial charge in [-0.05, 0) is 37.8 Å². The first kappa shape index (κ1) is 13.9. The lowest BCUT2D eigenvalue weighted by Crippen LogP contribution is -2.24. The van der Waals surface area contributed by atoms with Gasteiger partial charge in [-0.2, -0.15) is 0 Å². The van der Waals surface area contributed by atoms with Gasteiger partial charge in [0, 0.05) is 23.3 Å². The second-order valence-electron chi connectivity index (χ2n) is 5.84. The van der Waals surface area contributed by atoms with Crippen LogP contribution in [0.4, 0.5) is 5.69 Å². The number of carboxylic acid groups (broad SMARTS) is 1. The number of carbonyl (C=O) groups is 1. The Morgan fingerprint density at radius 2 is 2.19 bits per heavy atom. The second-order valence-corrected chi connectivity index (χ2v) is 5.84. The molecule has 2 aromatic rings. The largest absolute Gasteiger partial charge is 0.481 e. The number of aryl methyl sites for hydroxylation is 1. The monoisotopic (exact) mass is 284 g/mol. The van der Waals surface area contributed by atoms with Crippen LogP contribution in [0.25, 0.3) is 10.9 Å². The number of benzene rings is 1. The third kappa shape index (κ3) is 2.84. The Kier molecular flexibility index (Phi) is 3.78. The van der Waals surface area contributed by atoms with Crippen LogP contribution in [0.2, 0.25) is 0 Å². The zero-order valence-corrected chi connectivity index (χ0v) is 12.2. The van der Waals surface area contributed by atoms with Crippen LogP contribution in [0.15, 0.2) is 30.3 Å². The van der Waals surface area contributed by atoms with Crippen molar-refractivity contribution in [1.82, 2.24) is 4.98 Å². The Morgan fingerprint density at radius 3 is 3.00 bits per heavy atom. The summed E-state index contributed by atoms with van der Waals surface area (Å²) in [5, 5.41) is 13.8. The maximum absolute atomic E-state index is 11.3. The maximum Gasteiger partial charge on any atom is 0.306 e. The molecule has 2 unspecified atom stereocenters. The molecule has 2 atom stereocenters. The summed E-state index contributed by atoms with van der Waals surface area (Å²) in [6, 6.07) is 10.1. The van der Waals surface area contributed by atoms with Crippen LogP contribution in [0.1, 0.15) is 25.0 Å². The van der Waals surface area contributed by atoms with Crippen molar-refractivity contribution in [3.05, 3.63) is 36.0 Å². The molecule has 0 saturated heterocycles. The minimum absolute atomic E-state index is 0.202. The van der Waals surface area contributed by atoms with Crippen LogP contribution >= 0.6 is 0 Å². The number of aliphatic carboxylic acids is 1. The van der Waals surface area contributed by atoms with Crippen molar-refractivity contribution >= 4 is 22.6 Å². The highest BCUT2D eigenvalue weighted by atomic mass is 16.4. The van der Waals surface area contributed by atoms with E-state index in [4.69, 9.17) is 0 Å². The highest BCUT2D eigenvalue weighted by Crippen LogP contribution is 2.32. The molecule has 110 valence electrons. The van der Waals surface area contributed by atoms with Gasteiger partial charge in [0.05, 0.1) is 11.4 Å². The number of aromatic nitrogens is 1. The van der Waals surface area contributed by atoms with E-state index in [2.05, 4.69) is 10.3 Å². The molecule has 0 amide bonds. The molecule has 1 aromatic heterocycles. The molecule has 0 spiro atoms. The van der Waals surface area contributed by atoms with Gasteiger partial charge in [0.2, 0.25) is 0 Å². The lowest BCUT2D eigenvalue weighted by Gasteiger charge is -2.18. The smallest absolute Gasteiger partial charge is 0.306 e. The summed E-state index contributed by atoms with van der Waals surface area (Å²) in [5.74, 6) is -0.642. The molecule has 1 aliphatic rings. The topological polar surface area (TPSA) is 62.2 Å². The summed E-state index contributed by atoms with van der Waals surface area (Å²) in [4.78, 5) is 15.8. The molecule has 1 heterocycles. The fourth-order valence-corrected chi connectivity index (χ4v) is 3.30. The van der Waals surface area contributed by atoms with Crippen LogP contribution in [-0.2, 0) is 4.79 Å². The average Bonchev–Trinajstić information content (AvgIpc) is 2.93. The van der Waals surface area contributed by atoms with Crippen molar-refractivity contribution in [2.24, 2.45) is 11.8 Å². The van der Waals surface area contributed by atoms with E-state index in [1.165, 1.54) is 0 Å². The molecule has 0 aliphatic heterocycles. The summed E-state index contributed by atoms with van der Waals surface area (Å²) in [6.45, 7) is 2.69. The van der Waals surface area contributed by atoms with Crippen molar-refractivity contribution in [2.45, 2.75) is 26.2 Å². The molecule has 4 nitrogen and oxygen atoms in total. The van der Waals surface area contributed by atoms with Crippen molar-refractivity contribution < 1.29 is 9.90 Å². The SMILES string of the molecule is Cc1cc(NCC2CCCC2C(=O)O)c2ccccc2n1. The molecule has 0 radical (unpaired) electrons. The number of pyridine rings is 1. The molecule has 4 heteroatoms. The first-order valence-corrected chi connectivity index (χ1v) is 7.48. The second kappa shape index (κ2) is 5.72. The summed E-state index contributed by atoms with van der Waals surface area (Å²) < 4.78 is 0. The van der Waals surface area contributed by atoms with Crippen LogP contribution in [0.5, 0.6) is 0 Å². The van der Waals surface area contributed by atoms with Gasteiger partial charge in [-0.25, -0.2) is 0 Å². The number of hydrogen-bond acceptors (Lipinski definition) is 3. The van der Waals surface area contributed by atoms with E-state index in [0.717, 1.165) is 41.5 Å². The summed E-state index contributed by atoms with van der Waals surface area (Å²) >= 11 is 0. The number of fused-ring (bicyclic) bond motifs is 1.